The Hall–Kier alpha value is -0.650. The Balaban J connectivity index is 2.40. The average molecular weight is 243 g/mol. The zero-order valence-corrected chi connectivity index (χ0v) is 11.2. The molecule has 0 radical (unpaired) electrons. The molecule has 1 atom stereocenters. The SMILES string of the molecule is CCCC(NN1CCN(C)CC1)C(=O)OCC. The number of carbonyl (C=O) groups excluding carboxylic acids is 1. The second-order valence-corrected chi connectivity index (χ2v) is 4.51. The normalized spacial score (nSPS) is 20.2. The number of nitrogens with zero attached hydrogens (tertiary/aromatic N) is 2. The Bertz CT molecular complexity index is 228. The van der Waals surface area contributed by atoms with Crippen molar-refractivity contribution in [2.45, 2.75) is 32.7 Å². The van der Waals surface area contributed by atoms with Gasteiger partial charge in [0.1, 0.15) is 6.04 Å². The van der Waals surface area contributed by atoms with Crippen LogP contribution in [0.15, 0.2) is 0 Å². The van der Waals surface area contributed by atoms with Crippen LogP contribution in [0.2, 0.25) is 0 Å². The molecule has 5 nitrogen and oxygen atoms in total. The molecule has 1 saturated heterocycles. The van der Waals surface area contributed by atoms with Crippen LogP contribution in [0.25, 0.3) is 0 Å². The van der Waals surface area contributed by atoms with Crippen molar-refractivity contribution < 1.29 is 9.53 Å². The molecule has 0 aromatic heterocycles. The van der Waals surface area contributed by atoms with Crippen molar-refractivity contribution in [3.8, 4) is 0 Å². The maximum absolute atomic E-state index is 11.7. The third-order valence-corrected chi connectivity index (χ3v) is 2.99. The van der Waals surface area contributed by atoms with Crippen LogP contribution >= 0.6 is 0 Å². The van der Waals surface area contributed by atoms with Gasteiger partial charge in [0, 0.05) is 26.2 Å². The standard InChI is InChI=1S/C12H25N3O2/c1-4-6-11(12(16)17-5-2)13-15-9-7-14(3)8-10-15/h11,13H,4-10H2,1-3H3. The summed E-state index contributed by atoms with van der Waals surface area (Å²) in [4.78, 5) is 14.0. The van der Waals surface area contributed by atoms with Gasteiger partial charge in [0.25, 0.3) is 0 Å². The molecular formula is C12H25N3O2. The molecule has 1 fully saturated rings. The number of hydrogen-bond donors (Lipinski definition) is 1. The lowest BCUT2D eigenvalue weighted by Gasteiger charge is -2.34. The highest BCUT2D eigenvalue weighted by Crippen LogP contribution is 2.03. The number of hydrazine groups is 1. The minimum atomic E-state index is -0.191. The molecule has 1 aliphatic heterocycles. The highest BCUT2D eigenvalue weighted by Gasteiger charge is 2.23. The molecule has 0 spiro atoms. The van der Waals surface area contributed by atoms with E-state index in [1.807, 2.05) is 6.92 Å². The van der Waals surface area contributed by atoms with Gasteiger partial charge in [-0.1, -0.05) is 13.3 Å². The van der Waals surface area contributed by atoms with Crippen molar-refractivity contribution >= 4 is 5.97 Å². The second-order valence-electron chi connectivity index (χ2n) is 4.51. The van der Waals surface area contributed by atoms with Gasteiger partial charge in [0.2, 0.25) is 0 Å². The van der Waals surface area contributed by atoms with Crippen LogP contribution in [0, 0.1) is 0 Å². The Labute approximate surface area is 104 Å². The molecule has 1 heterocycles. The van der Waals surface area contributed by atoms with Gasteiger partial charge in [0.05, 0.1) is 6.61 Å². The number of rotatable bonds is 6. The van der Waals surface area contributed by atoms with E-state index in [-0.39, 0.29) is 12.0 Å². The van der Waals surface area contributed by atoms with Gasteiger partial charge in [-0.05, 0) is 20.4 Å². The smallest absolute Gasteiger partial charge is 0.324 e. The summed E-state index contributed by atoms with van der Waals surface area (Å²) in [7, 11) is 2.12. The van der Waals surface area contributed by atoms with Crippen LogP contribution in [-0.2, 0) is 9.53 Å². The van der Waals surface area contributed by atoms with E-state index in [9.17, 15) is 4.79 Å². The summed E-state index contributed by atoms with van der Waals surface area (Å²) in [5.41, 5.74) is 3.29. The molecule has 1 N–H and O–H groups in total. The number of nitrogens with one attached hydrogen (secondary N) is 1. The average Bonchev–Trinajstić information content (AvgIpc) is 2.31. The van der Waals surface area contributed by atoms with Gasteiger partial charge in [0.15, 0.2) is 0 Å². The lowest BCUT2D eigenvalue weighted by molar-refractivity contribution is -0.147. The van der Waals surface area contributed by atoms with Crippen molar-refractivity contribution in [3.05, 3.63) is 0 Å². The van der Waals surface area contributed by atoms with Crippen LogP contribution in [0.3, 0.4) is 0 Å². The highest BCUT2D eigenvalue weighted by atomic mass is 16.5. The number of piperazine rings is 1. The number of esters is 1. The van der Waals surface area contributed by atoms with E-state index in [1.54, 1.807) is 0 Å². The first-order valence-corrected chi connectivity index (χ1v) is 6.53. The van der Waals surface area contributed by atoms with Crippen molar-refractivity contribution in [1.29, 1.82) is 0 Å². The largest absolute Gasteiger partial charge is 0.465 e. The molecule has 0 aliphatic carbocycles. The predicted molar refractivity (Wildman–Crippen MR) is 67.5 cm³/mol. The second kappa shape index (κ2) is 7.63. The molecule has 5 heteroatoms. The fraction of sp³-hybridized carbons (Fsp3) is 0.917. The van der Waals surface area contributed by atoms with E-state index in [2.05, 4.69) is 29.3 Å². The number of likely N-dealkylation sites (N-methyl/N-ethyl adjacent to an activating group) is 1. The molecule has 1 aliphatic rings. The Morgan fingerprint density at radius 2 is 1.94 bits per heavy atom. The highest BCUT2D eigenvalue weighted by molar-refractivity contribution is 5.75. The maximum Gasteiger partial charge on any atom is 0.324 e. The Morgan fingerprint density at radius 3 is 2.47 bits per heavy atom. The number of hydrogen-bond acceptors (Lipinski definition) is 5. The summed E-state index contributed by atoms with van der Waals surface area (Å²) in [6, 6.07) is -0.191. The van der Waals surface area contributed by atoms with Crippen LogP contribution < -0.4 is 5.43 Å². The minimum absolute atomic E-state index is 0.131. The lowest BCUT2D eigenvalue weighted by atomic mass is 10.2. The van der Waals surface area contributed by atoms with E-state index in [4.69, 9.17) is 4.74 Å². The van der Waals surface area contributed by atoms with Crippen LogP contribution in [-0.4, -0.2) is 61.8 Å². The van der Waals surface area contributed by atoms with Crippen LogP contribution in [0.1, 0.15) is 26.7 Å². The third-order valence-electron chi connectivity index (χ3n) is 2.99. The van der Waals surface area contributed by atoms with E-state index < -0.39 is 0 Å². The molecule has 0 bridgehead atoms. The van der Waals surface area contributed by atoms with Gasteiger partial charge >= 0.3 is 5.97 Å². The van der Waals surface area contributed by atoms with E-state index in [0.29, 0.717) is 6.61 Å². The van der Waals surface area contributed by atoms with Gasteiger partial charge in [-0.25, -0.2) is 10.4 Å². The summed E-state index contributed by atoms with van der Waals surface area (Å²) >= 11 is 0. The van der Waals surface area contributed by atoms with Gasteiger partial charge in [-0.2, -0.15) is 0 Å². The first-order chi connectivity index (χ1) is 8.17. The first-order valence-electron chi connectivity index (χ1n) is 6.53. The summed E-state index contributed by atoms with van der Waals surface area (Å²) in [6.45, 7) is 8.35. The van der Waals surface area contributed by atoms with Crippen molar-refractivity contribution in [1.82, 2.24) is 15.3 Å². The Kier molecular flexibility index (Phi) is 6.47. The first kappa shape index (κ1) is 14.4. The monoisotopic (exact) mass is 243 g/mol. The zero-order chi connectivity index (χ0) is 12.7. The van der Waals surface area contributed by atoms with Crippen molar-refractivity contribution in [2.24, 2.45) is 0 Å². The van der Waals surface area contributed by atoms with E-state index >= 15 is 0 Å². The van der Waals surface area contributed by atoms with E-state index in [1.165, 1.54) is 0 Å². The molecule has 0 saturated carbocycles. The van der Waals surface area contributed by atoms with Gasteiger partial charge in [-0.3, -0.25) is 4.79 Å². The third kappa shape index (κ3) is 5.02. The Morgan fingerprint density at radius 1 is 1.29 bits per heavy atom. The van der Waals surface area contributed by atoms with Crippen LogP contribution in [0.5, 0.6) is 0 Å². The molecule has 100 valence electrons. The molecular weight excluding hydrogens is 218 g/mol. The zero-order valence-electron chi connectivity index (χ0n) is 11.2. The summed E-state index contributed by atoms with van der Waals surface area (Å²) in [5.74, 6) is -0.131. The molecule has 0 amide bonds. The topological polar surface area (TPSA) is 44.8 Å². The molecule has 1 unspecified atom stereocenters. The molecule has 1 rings (SSSR count). The maximum atomic E-state index is 11.7. The molecule has 0 aromatic rings. The van der Waals surface area contributed by atoms with E-state index in [0.717, 1.165) is 39.0 Å². The van der Waals surface area contributed by atoms with Gasteiger partial charge < -0.3 is 9.64 Å². The molecule has 0 aromatic carbocycles. The number of ether oxygens (including phenoxy) is 1. The summed E-state index contributed by atoms with van der Waals surface area (Å²) in [6.07, 6.45) is 1.80. The minimum Gasteiger partial charge on any atom is -0.465 e. The number of carbonyl (C=O) groups is 1. The molecule has 17 heavy (non-hydrogen) atoms. The summed E-state index contributed by atoms with van der Waals surface area (Å²) in [5, 5.41) is 2.14. The lowest BCUT2D eigenvalue weighted by Crippen LogP contribution is -2.55. The van der Waals surface area contributed by atoms with Crippen molar-refractivity contribution in [3.63, 3.8) is 0 Å². The van der Waals surface area contributed by atoms with Gasteiger partial charge in [-0.15, -0.1) is 0 Å². The fourth-order valence-electron chi connectivity index (χ4n) is 1.92. The quantitative estimate of drug-likeness (QED) is 0.687. The van der Waals surface area contributed by atoms with Crippen LogP contribution in [0.4, 0.5) is 0 Å². The predicted octanol–water partition coefficient (Wildman–Crippen LogP) is 0.470. The summed E-state index contributed by atoms with van der Waals surface area (Å²) < 4.78 is 5.08. The van der Waals surface area contributed by atoms with Crippen molar-refractivity contribution in [2.75, 3.05) is 39.8 Å². The fourth-order valence-corrected chi connectivity index (χ4v) is 1.92.